The van der Waals surface area contributed by atoms with Crippen molar-refractivity contribution in [1.82, 2.24) is 15.5 Å². The molecule has 0 spiro atoms. The fourth-order valence-electron chi connectivity index (χ4n) is 3.72. The van der Waals surface area contributed by atoms with Crippen LogP contribution in [0.3, 0.4) is 0 Å². The molecule has 1 heterocycles. The van der Waals surface area contributed by atoms with Crippen molar-refractivity contribution in [2.45, 2.75) is 25.8 Å². The average molecular weight is 424 g/mol. The van der Waals surface area contributed by atoms with E-state index in [0.717, 1.165) is 16.9 Å². The fourth-order valence-corrected chi connectivity index (χ4v) is 3.72. The van der Waals surface area contributed by atoms with E-state index in [1.807, 2.05) is 61.5 Å². The number of carbonyl (C=O) groups excluding carboxylic acids is 3. The topological polar surface area (TPSA) is 87.7 Å². The van der Waals surface area contributed by atoms with Crippen molar-refractivity contribution in [3.63, 3.8) is 0 Å². The Bertz CT molecular complexity index is 899. The third-order valence-electron chi connectivity index (χ3n) is 5.55. The number of benzene rings is 2. The van der Waals surface area contributed by atoms with Crippen molar-refractivity contribution in [3.8, 4) is 5.75 Å². The van der Waals surface area contributed by atoms with Gasteiger partial charge in [-0.1, -0.05) is 42.5 Å². The van der Waals surface area contributed by atoms with Crippen molar-refractivity contribution in [2.75, 3.05) is 26.7 Å². The summed E-state index contributed by atoms with van der Waals surface area (Å²) in [7, 11) is 1.60. The number of methoxy groups -OCH3 is 1. The normalized spacial score (nSPS) is 16.6. The van der Waals surface area contributed by atoms with E-state index in [1.54, 1.807) is 12.0 Å². The van der Waals surface area contributed by atoms with Crippen molar-refractivity contribution >= 4 is 17.7 Å². The maximum absolute atomic E-state index is 12.5. The molecule has 1 aliphatic rings. The molecule has 1 saturated heterocycles. The number of likely N-dealkylation sites (tertiary alicyclic amines) is 1. The van der Waals surface area contributed by atoms with Crippen molar-refractivity contribution in [2.24, 2.45) is 5.92 Å². The lowest BCUT2D eigenvalue weighted by atomic mass is 10.1. The number of nitrogens with one attached hydrogen (secondary N) is 2. The monoisotopic (exact) mass is 423 g/mol. The zero-order valence-electron chi connectivity index (χ0n) is 18.0. The predicted molar refractivity (Wildman–Crippen MR) is 117 cm³/mol. The molecule has 3 amide bonds. The number of carbonyl (C=O) groups is 3. The van der Waals surface area contributed by atoms with E-state index in [1.165, 1.54) is 0 Å². The quantitative estimate of drug-likeness (QED) is 0.605. The molecular weight excluding hydrogens is 394 g/mol. The van der Waals surface area contributed by atoms with E-state index in [-0.39, 0.29) is 42.5 Å². The first kappa shape index (κ1) is 22.3. The van der Waals surface area contributed by atoms with Crippen molar-refractivity contribution in [3.05, 3.63) is 65.7 Å². The van der Waals surface area contributed by atoms with Gasteiger partial charge in [0.2, 0.25) is 17.7 Å². The molecule has 2 atom stereocenters. The van der Waals surface area contributed by atoms with Gasteiger partial charge in [0.05, 0.1) is 25.5 Å². The van der Waals surface area contributed by atoms with Gasteiger partial charge in [-0.05, 0) is 30.2 Å². The first-order valence-corrected chi connectivity index (χ1v) is 10.5. The highest BCUT2D eigenvalue weighted by Gasteiger charge is 2.36. The van der Waals surface area contributed by atoms with E-state index >= 15 is 0 Å². The molecule has 7 heteroatoms. The van der Waals surface area contributed by atoms with Gasteiger partial charge in [-0.25, -0.2) is 0 Å². The molecule has 31 heavy (non-hydrogen) atoms. The molecule has 2 unspecified atom stereocenters. The summed E-state index contributed by atoms with van der Waals surface area (Å²) in [5, 5.41) is 5.63. The van der Waals surface area contributed by atoms with Crippen LogP contribution in [-0.4, -0.2) is 49.4 Å². The molecule has 3 rings (SSSR count). The van der Waals surface area contributed by atoms with Gasteiger partial charge in [-0.2, -0.15) is 0 Å². The van der Waals surface area contributed by atoms with Crippen LogP contribution in [0.2, 0.25) is 0 Å². The average Bonchev–Trinajstić information content (AvgIpc) is 3.19. The Labute approximate surface area is 182 Å². The molecule has 0 aromatic heterocycles. The smallest absolute Gasteiger partial charge is 0.225 e. The van der Waals surface area contributed by atoms with Gasteiger partial charge in [0, 0.05) is 26.1 Å². The molecule has 7 nitrogen and oxygen atoms in total. The van der Waals surface area contributed by atoms with Crippen LogP contribution in [0.4, 0.5) is 0 Å². The third kappa shape index (κ3) is 6.07. The molecule has 0 aliphatic carbocycles. The second-order valence-electron chi connectivity index (χ2n) is 7.70. The number of amides is 3. The van der Waals surface area contributed by atoms with Crippen LogP contribution in [-0.2, 0) is 20.8 Å². The van der Waals surface area contributed by atoms with Gasteiger partial charge in [-0.15, -0.1) is 0 Å². The van der Waals surface area contributed by atoms with Crippen molar-refractivity contribution in [1.29, 1.82) is 0 Å². The van der Waals surface area contributed by atoms with Gasteiger partial charge in [-0.3, -0.25) is 14.4 Å². The van der Waals surface area contributed by atoms with Crippen LogP contribution in [0.25, 0.3) is 0 Å². The number of ether oxygens (including phenoxy) is 1. The van der Waals surface area contributed by atoms with Crippen LogP contribution in [0, 0.1) is 5.92 Å². The highest BCUT2D eigenvalue weighted by Crippen LogP contribution is 2.28. The molecule has 0 bridgehead atoms. The van der Waals surface area contributed by atoms with Crippen LogP contribution in [0.5, 0.6) is 5.75 Å². The lowest BCUT2D eigenvalue weighted by Gasteiger charge is -2.25. The zero-order valence-corrected chi connectivity index (χ0v) is 18.0. The zero-order chi connectivity index (χ0) is 22.2. The van der Waals surface area contributed by atoms with Gasteiger partial charge < -0.3 is 20.3 Å². The SMILES string of the molecule is COc1ccc(CC(=O)NCCNC(=O)C2CC(=O)N(C(C)c3ccccc3)C2)cc1. The minimum absolute atomic E-state index is 0.00991. The second-order valence-corrected chi connectivity index (χ2v) is 7.70. The van der Waals surface area contributed by atoms with Gasteiger partial charge in [0.1, 0.15) is 5.75 Å². The van der Waals surface area contributed by atoms with Crippen molar-refractivity contribution < 1.29 is 19.1 Å². The van der Waals surface area contributed by atoms with E-state index in [9.17, 15) is 14.4 Å². The van der Waals surface area contributed by atoms with Crippen LogP contribution >= 0.6 is 0 Å². The number of nitrogens with zero attached hydrogens (tertiary/aromatic N) is 1. The van der Waals surface area contributed by atoms with E-state index in [0.29, 0.717) is 19.6 Å². The summed E-state index contributed by atoms with van der Waals surface area (Å²) in [6.45, 7) is 3.05. The maximum Gasteiger partial charge on any atom is 0.225 e. The number of hydrogen-bond acceptors (Lipinski definition) is 4. The Balaban J connectivity index is 1.38. The van der Waals surface area contributed by atoms with Crippen LogP contribution in [0.15, 0.2) is 54.6 Å². The first-order valence-electron chi connectivity index (χ1n) is 10.5. The summed E-state index contributed by atoms with van der Waals surface area (Å²) in [5.74, 6) is 0.103. The Morgan fingerprint density at radius 1 is 1.06 bits per heavy atom. The highest BCUT2D eigenvalue weighted by atomic mass is 16.5. The first-order chi connectivity index (χ1) is 15.0. The summed E-state index contributed by atoms with van der Waals surface area (Å²) in [4.78, 5) is 38.7. The third-order valence-corrected chi connectivity index (χ3v) is 5.55. The van der Waals surface area contributed by atoms with E-state index < -0.39 is 0 Å². The number of hydrogen-bond donors (Lipinski definition) is 2. The summed E-state index contributed by atoms with van der Waals surface area (Å²) in [6, 6.07) is 17.1. The highest BCUT2D eigenvalue weighted by molar-refractivity contribution is 5.89. The summed E-state index contributed by atoms with van der Waals surface area (Å²) >= 11 is 0. The minimum atomic E-state index is -0.367. The van der Waals surface area contributed by atoms with Crippen LogP contribution in [0.1, 0.15) is 30.5 Å². The van der Waals surface area contributed by atoms with E-state index in [4.69, 9.17) is 4.74 Å². The minimum Gasteiger partial charge on any atom is -0.497 e. The van der Waals surface area contributed by atoms with Gasteiger partial charge in [0.25, 0.3) is 0 Å². The Morgan fingerprint density at radius 3 is 2.42 bits per heavy atom. The predicted octanol–water partition coefficient (Wildman–Crippen LogP) is 2.08. The maximum atomic E-state index is 12.5. The van der Waals surface area contributed by atoms with E-state index in [2.05, 4.69) is 10.6 Å². The standard InChI is InChI=1S/C24H29N3O4/c1-17(19-6-4-3-5-7-19)27-16-20(15-23(27)29)24(30)26-13-12-25-22(28)14-18-8-10-21(31-2)11-9-18/h3-11,17,20H,12-16H2,1-2H3,(H,25,28)(H,26,30). The Hall–Kier alpha value is -3.35. The fraction of sp³-hybridized carbons (Fsp3) is 0.375. The second kappa shape index (κ2) is 10.6. The van der Waals surface area contributed by atoms with Crippen LogP contribution < -0.4 is 15.4 Å². The molecular formula is C24H29N3O4. The molecule has 0 radical (unpaired) electrons. The Kier molecular flexibility index (Phi) is 7.65. The molecule has 2 aromatic rings. The van der Waals surface area contributed by atoms with Gasteiger partial charge >= 0.3 is 0 Å². The molecule has 2 aromatic carbocycles. The molecule has 2 N–H and O–H groups in total. The molecule has 1 fully saturated rings. The lowest BCUT2D eigenvalue weighted by Crippen LogP contribution is -2.39. The molecule has 1 aliphatic heterocycles. The number of rotatable bonds is 9. The molecule has 164 valence electrons. The molecule has 0 saturated carbocycles. The summed E-state index contributed by atoms with van der Waals surface area (Å²) in [6.07, 6.45) is 0.480. The largest absolute Gasteiger partial charge is 0.497 e. The summed E-state index contributed by atoms with van der Waals surface area (Å²) in [5.41, 5.74) is 1.94. The Morgan fingerprint density at radius 2 is 1.74 bits per heavy atom. The summed E-state index contributed by atoms with van der Waals surface area (Å²) < 4.78 is 5.10. The lowest BCUT2D eigenvalue weighted by molar-refractivity contribution is -0.130. The van der Waals surface area contributed by atoms with Gasteiger partial charge in [0.15, 0.2) is 0 Å².